The number of benzene rings is 1. The van der Waals surface area contributed by atoms with Crippen LogP contribution in [0.3, 0.4) is 0 Å². The number of hydrogen-bond donors (Lipinski definition) is 1. The molecule has 1 aromatic heterocycles. The van der Waals surface area contributed by atoms with Crippen LogP contribution in [0.25, 0.3) is 0 Å². The molecule has 6 nitrogen and oxygen atoms in total. The Morgan fingerprint density at radius 1 is 1.17 bits per heavy atom. The van der Waals surface area contributed by atoms with E-state index in [1.54, 1.807) is 20.0 Å². The van der Waals surface area contributed by atoms with E-state index in [2.05, 4.69) is 26.9 Å². The smallest absolute Gasteiger partial charge is 0.347 e. The van der Waals surface area contributed by atoms with Crippen molar-refractivity contribution >= 4 is 23.4 Å². The molecule has 0 amide bonds. The van der Waals surface area contributed by atoms with Crippen molar-refractivity contribution < 1.29 is 14.6 Å². The molecule has 0 aliphatic carbocycles. The highest BCUT2D eigenvalue weighted by molar-refractivity contribution is 6.30. The third-order valence-corrected chi connectivity index (χ3v) is 5.43. The van der Waals surface area contributed by atoms with E-state index in [0.717, 1.165) is 49.7 Å². The summed E-state index contributed by atoms with van der Waals surface area (Å²) in [6, 6.07) is 8.01. The predicted molar refractivity (Wildman–Crippen MR) is 115 cm³/mol. The standard InChI is InChI=1S/C22H28ClN3O3/c1-15-11-17(12-16(2)20(15)29-22(3,4)21(27)28)14-25-7-9-26(10-8-25)19-6-5-18(23)13-24-19/h5-6,11-13H,7-10,14H2,1-4H3,(H,27,28). The van der Waals surface area contributed by atoms with Crippen LogP contribution in [0.2, 0.25) is 5.02 Å². The topological polar surface area (TPSA) is 65.9 Å². The summed E-state index contributed by atoms with van der Waals surface area (Å²) in [5.41, 5.74) is 1.86. The first-order chi connectivity index (χ1) is 13.7. The number of piperazine rings is 1. The van der Waals surface area contributed by atoms with Gasteiger partial charge in [0.1, 0.15) is 11.6 Å². The van der Waals surface area contributed by atoms with Crippen LogP contribution in [0.15, 0.2) is 30.5 Å². The largest absolute Gasteiger partial charge is 0.478 e. The number of rotatable bonds is 6. The van der Waals surface area contributed by atoms with Crippen molar-refractivity contribution in [3.8, 4) is 5.75 Å². The highest BCUT2D eigenvalue weighted by atomic mass is 35.5. The van der Waals surface area contributed by atoms with Gasteiger partial charge in [-0.2, -0.15) is 0 Å². The molecule has 1 N–H and O–H groups in total. The molecule has 0 radical (unpaired) electrons. The average molecular weight is 418 g/mol. The summed E-state index contributed by atoms with van der Waals surface area (Å²) in [7, 11) is 0. The van der Waals surface area contributed by atoms with Crippen LogP contribution in [-0.4, -0.2) is 52.7 Å². The van der Waals surface area contributed by atoms with Gasteiger partial charge in [0.05, 0.1) is 5.02 Å². The number of halogens is 1. The zero-order chi connectivity index (χ0) is 21.2. The second-order valence-corrected chi connectivity index (χ2v) is 8.51. The Labute approximate surface area is 177 Å². The number of carboxylic acid groups (broad SMARTS) is 1. The SMILES string of the molecule is Cc1cc(CN2CCN(c3ccc(Cl)cn3)CC2)cc(C)c1OC(C)(C)C(=O)O. The van der Waals surface area contributed by atoms with Gasteiger partial charge in [0.15, 0.2) is 5.60 Å². The molecule has 156 valence electrons. The van der Waals surface area contributed by atoms with Gasteiger partial charge < -0.3 is 14.7 Å². The van der Waals surface area contributed by atoms with Crippen LogP contribution in [0.5, 0.6) is 5.75 Å². The van der Waals surface area contributed by atoms with E-state index in [0.29, 0.717) is 10.8 Å². The zero-order valence-electron chi connectivity index (χ0n) is 17.4. The van der Waals surface area contributed by atoms with Gasteiger partial charge in [-0.15, -0.1) is 0 Å². The molecule has 1 aliphatic heterocycles. The van der Waals surface area contributed by atoms with Crippen molar-refractivity contribution in [2.45, 2.75) is 39.8 Å². The van der Waals surface area contributed by atoms with Gasteiger partial charge in [-0.3, -0.25) is 4.90 Å². The number of pyridine rings is 1. The Hall–Kier alpha value is -2.31. The number of ether oxygens (including phenoxy) is 1. The van der Waals surface area contributed by atoms with Gasteiger partial charge in [-0.25, -0.2) is 9.78 Å². The maximum atomic E-state index is 11.4. The highest BCUT2D eigenvalue weighted by Crippen LogP contribution is 2.29. The number of anilines is 1. The third-order valence-electron chi connectivity index (χ3n) is 5.21. The number of nitrogens with zero attached hydrogens (tertiary/aromatic N) is 3. The van der Waals surface area contributed by atoms with Crippen molar-refractivity contribution in [3.63, 3.8) is 0 Å². The first-order valence-corrected chi connectivity index (χ1v) is 10.1. The number of aromatic nitrogens is 1. The first-order valence-electron chi connectivity index (χ1n) is 9.77. The minimum Gasteiger partial charge on any atom is -0.478 e. The number of aliphatic carboxylic acids is 1. The lowest BCUT2D eigenvalue weighted by molar-refractivity contribution is -0.152. The van der Waals surface area contributed by atoms with E-state index < -0.39 is 11.6 Å². The van der Waals surface area contributed by atoms with Crippen LogP contribution in [-0.2, 0) is 11.3 Å². The monoisotopic (exact) mass is 417 g/mol. The van der Waals surface area contributed by atoms with Gasteiger partial charge in [-0.05, 0) is 56.5 Å². The molecule has 2 aromatic rings. The second kappa shape index (κ2) is 8.59. The summed E-state index contributed by atoms with van der Waals surface area (Å²) >= 11 is 5.92. The van der Waals surface area contributed by atoms with Crippen LogP contribution < -0.4 is 9.64 Å². The van der Waals surface area contributed by atoms with Gasteiger partial charge >= 0.3 is 5.97 Å². The molecule has 3 rings (SSSR count). The van der Waals surface area contributed by atoms with Crippen LogP contribution in [0, 0.1) is 13.8 Å². The number of carbonyl (C=O) groups is 1. The van der Waals surface area contributed by atoms with Gasteiger partial charge in [-0.1, -0.05) is 23.7 Å². The molecular formula is C22H28ClN3O3. The number of carboxylic acids is 1. The fourth-order valence-corrected chi connectivity index (χ4v) is 3.65. The predicted octanol–water partition coefficient (Wildman–Crippen LogP) is 3.92. The lowest BCUT2D eigenvalue weighted by Gasteiger charge is -2.35. The highest BCUT2D eigenvalue weighted by Gasteiger charge is 2.30. The molecule has 0 bridgehead atoms. The van der Waals surface area contributed by atoms with E-state index in [-0.39, 0.29) is 0 Å². The molecule has 1 saturated heterocycles. The van der Waals surface area contributed by atoms with Crippen molar-refractivity contribution in [1.29, 1.82) is 0 Å². The van der Waals surface area contributed by atoms with Crippen molar-refractivity contribution in [3.05, 3.63) is 52.2 Å². The minimum atomic E-state index is -1.26. The fraction of sp³-hybridized carbons (Fsp3) is 0.455. The number of hydrogen-bond acceptors (Lipinski definition) is 5. The van der Waals surface area contributed by atoms with Crippen LogP contribution in [0.4, 0.5) is 5.82 Å². The Bertz CT molecular complexity index is 852. The first kappa shape index (κ1) is 21.4. The summed E-state index contributed by atoms with van der Waals surface area (Å²) in [4.78, 5) is 20.5. The minimum absolute atomic E-state index is 0.650. The van der Waals surface area contributed by atoms with Crippen molar-refractivity contribution in [2.24, 2.45) is 0 Å². The molecule has 1 aromatic carbocycles. The summed E-state index contributed by atoms with van der Waals surface area (Å²) < 4.78 is 5.81. The Morgan fingerprint density at radius 3 is 2.31 bits per heavy atom. The molecule has 1 fully saturated rings. The molecule has 1 aliphatic rings. The van der Waals surface area contributed by atoms with Gasteiger partial charge in [0, 0.05) is 38.9 Å². The summed E-state index contributed by atoms with van der Waals surface area (Å²) in [6.07, 6.45) is 1.68. The van der Waals surface area contributed by atoms with Crippen LogP contribution >= 0.6 is 11.6 Å². The quantitative estimate of drug-likeness (QED) is 0.768. The van der Waals surface area contributed by atoms with Crippen LogP contribution in [0.1, 0.15) is 30.5 Å². The van der Waals surface area contributed by atoms with E-state index in [9.17, 15) is 9.90 Å². The van der Waals surface area contributed by atoms with Crippen molar-refractivity contribution in [1.82, 2.24) is 9.88 Å². The van der Waals surface area contributed by atoms with Gasteiger partial charge in [0.2, 0.25) is 0 Å². The molecule has 0 atom stereocenters. The second-order valence-electron chi connectivity index (χ2n) is 8.07. The van der Waals surface area contributed by atoms with Gasteiger partial charge in [0.25, 0.3) is 0 Å². The molecule has 2 heterocycles. The van der Waals surface area contributed by atoms with Crippen molar-refractivity contribution in [2.75, 3.05) is 31.1 Å². The Kier molecular flexibility index (Phi) is 6.34. The van der Waals surface area contributed by atoms with E-state index >= 15 is 0 Å². The molecule has 0 spiro atoms. The maximum Gasteiger partial charge on any atom is 0.347 e. The summed E-state index contributed by atoms with van der Waals surface area (Å²) in [5, 5.41) is 9.98. The summed E-state index contributed by atoms with van der Waals surface area (Å²) in [5.74, 6) is 0.636. The van der Waals surface area contributed by atoms with E-state index in [1.807, 2.05) is 26.0 Å². The molecule has 29 heavy (non-hydrogen) atoms. The summed E-state index contributed by atoms with van der Waals surface area (Å²) in [6.45, 7) is 11.7. The lowest BCUT2D eigenvalue weighted by atomic mass is 10.0. The third kappa shape index (κ3) is 5.19. The fourth-order valence-electron chi connectivity index (χ4n) is 3.54. The molecule has 0 unspecified atom stereocenters. The molecule has 0 saturated carbocycles. The Balaban J connectivity index is 1.63. The number of aryl methyl sites for hydroxylation is 2. The molecular weight excluding hydrogens is 390 g/mol. The maximum absolute atomic E-state index is 11.4. The lowest BCUT2D eigenvalue weighted by Crippen LogP contribution is -2.46. The molecule has 7 heteroatoms. The van der Waals surface area contributed by atoms with E-state index in [1.165, 1.54) is 5.56 Å². The normalized spacial score (nSPS) is 15.4. The average Bonchev–Trinajstić information content (AvgIpc) is 2.66. The van der Waals surface area contributed by atoms with E-state index in [4.69, 9.17) is 16.3 Å². The zero-order valence-corrected chi connectivity index (χ0v) is 18.2. The Morgan fingerprint density at radius 2 is 1.79 bits per heavy atom.